The molecule has 0 saturated carbocycles. The van der Waals surface area contributed by atoms with E-state index >= 15 is 0 Å². The Morgan fingerprint density at radius 2 is 1.94 bits per heavy atom. The van der Waals surface area contributed by atoms with Crippen molar-refractivity contribution in [3.05, 3.63) is 35.9 Å². The van der Waals surface area contributed by atoms with Gasteiger partial charge in [-0.25, -0.2) is 0 Å². The minimum absolute atomic E-state index is 0.00389. The van der Waals surface area contributed by atoms with Gasteiger partial charge in [0.1, 0.15) is 0 Å². The number of amides is 1. The zero-order valence-electron chi connectivity index (χ0n) is 10.8. The van der Waals surface area contributed by atoms with Crippen LogP contribution in [0.15, 0.2) is 30.3 Å². The Labute approximate surface area is 108 Å². The molecule has 0 saturated heterocycles. The van der Waals surface area contributed by atoms with Crippen molar-refractivity contribution in [1.29, 1.82) is 0 Å². The Balaban J connectivity index is 2.34. The summed E-state index contributed by atoms with van der Waals surface area (Å²) in [5, 5.41) is 3.01. The molecule has 2 nitrogen and oxygen atoms in total. The summed E-state index contributed by atoms with van der Waals surface area (Å²) in [6.45, 7) is 6.07. The van der Waals surface area contributed by atoms with Crippen LogP contribution in [0.4, 0.5) is 0 Å². The molecule has 0 aliphatic rings. The SMILES string of the molecule is CC[C@@H](C)NC(=O)[C@H](C)SCc1ccccc1. The van der Waals surface area contributed by atoms with Crippen LogP contribution in [-0.2, 0) is 10.5 Å². The average Bonchev–Trinajstić information content (AvgIpc) is 2.36. The fraction of sp³-hybridized carbons (Fsp3) is 0.500. The molecule has 0 unspecified atom stereocenters. The summed E-state index contributed by atoms with van der Waals surface area (Å²) in [5.74, 6) is 1.02. The first-order chi connectivity index (χ1) is 8.13. The van der Waals surface area contributed by atoms with Crippen LogP contribution in [0.5, 0.6) is 0 Å². The predicted octanol–water partition coefficient (Wildman–Crippen LogP) is 3.22. The molecule has 0 fully saturated rings. The van der Waals surface area contributed by atoms with E-state index in [1.165, 1.54) is 5.56 Å². The maximum atomic E-state index is 11.8. The summed E-state index contributed by atoms with van der Waals surface area (Å²) in [6.07, 6.45) is 0.974. The Morgan fingerprint density at radius 1 is 1.29 bits per heavy atom. The van der Waals surface area contributed by atoms with Gasteiger partial charge >= 0.3 is 0 Å². The molecule has 0 heterocycles. The number of nitrogens with one attached hydrogen (secondary N) is 1. The highest BCUT2D eigenvalue weighted by Crippen LogP contribution is 2.17. The minimum Gasteiger partial charge on any atom is -0.353 e. The number of rotatable bonds is 6. The molecule has 0 bridgehead atoms. The number of carbonyl (C=O) groups excluding carboxylic acids is 1. The second kappa shape index (κ2) is 7.38. The van der Waals surface area contributed by atoms with E-state index in [1.807, 2.05) is 32.0 Å². The lowest BCUT2D eigenvalue weighted by molar-refractivity contribution is -0.120. The van der Waals surface area contributed by atoms with Crippen LogP contribution < -0.4 is 5.32 Å². The summed E-state index contributed by atoms with van der Waals surface area (Å²) < 4.78 is 0. The average molecular weight is 251 g/mol. The van der Waals surface area contributed by atoms with Crippen LogP contribution in [0.1, 0.15) is 32.8 Å². The van der Waals surface area contributed by atoms with Gasteiger partial charge in [0.05, 0.1) is 5.25 Å². The second-order valence-electron chi connectivity index (χ2n) is 4.26. The lowest BCUT2D eigenvalue weighted by Crippen LogP contribution is -2.37. The Morgan fingerprint density at radius 3 is 2.53 bits per heavy atom. The highest BCUT2D eigenvalue weighted by atomic mass is 32.2. The van der Waals surface area contributed by atoms with Crippen molar-refractivity contribution in [3.8, 4) is 0 Å². The molecule has 17 heavy (non-hydrogen) atoms. The van der Waals surface area contributed by atoms with Gasteiger partial charge in [-0.1, -0.05) is 37.3 Å². The van der Waals surface area contributed by atoms with E-state index in [1.54, 1.807) is 11.8 Å². The smallest absolute Gasteiger partial charge is 0.233 e. The molecule has 1 amide bonds. The van der Waals surface area contributed by atoms with E-state index in [0.29, 0.717) is 0 Å². The Kier molecular flexibility index (Phi) is 6.12. The molecule has 3 heteroatoms. The van der Waals surface area contributed by atoms with Crippen LogP contribution >= 0.6 is 11.8 Å². The van der Waals surface area contributed by atoms with Crippen molar-refractivity contribution in [2.24, 2.45) is 0 Å². The van der Waals surface area contributed by atoms with Crippen molar-refractivity contribution in [2.45, 2.75) is 44.2 Å². The van der Waals surface area contributed by atoms with Gasteiger partial charge in [-0.15, -0.1) is 11.8 Å². The van der Waals surface area contributed by atoms with Gasteiger partial charge in [-0.05, 0) is 25.8 Å². The summed E-state index contributed by atoms with van der Waals surface area (Å²) in [7, 11) is 0. The van der Waals surface area contributed by atoms with Crippen molar-refractivity contribution in [3.63, 3.8) is 0 Å². The van der Waals surface area contributed by atoms with Crippen LogP contribution in [0, 0.1) is 0 Å². The number of thioether (sulfide) groups is 1. The molecular formula is C14H21NOS. The van der Waals surface area contributed by atoms with Gasteiger partial charge in [0.15, 0.2) is 0 Å². The fourth-order valence-corrected chi connectivity index (χ4v) is 2.19. The maximum Gasteiger partial charge on any atom is 0.233 e. The normalized spacial score (nSPS) is 14.1. The van der Waals surface area contributed by atoms with Crippen molar-refractivity contribution < 1.29 is 4.79 Å². The van der Waals surface area contributed by atoms with Crippen LogP contribution in [0.25, 0.3) is 0 Å². The highest BCUT2D eigenvalue weighted by molar-refractivity contribution is 7.99. The van der Waals surface area contributed by atoms with Gasteiger partial charge in [0.25, 0.3) is 0 Å². The minimum atomic E-state index is 0.00389. The van der Waals surface area contributed by atoms with Gasteiger partial charge in [0, 0.05) is 11.8 Å². The van der Waals surface area contributed by atoms with E-state index in [0.717, 1.165) is 12.2 Å². The molecule has 0 radical (unpaired) electrons. The molecule has 2 atom stereocenters. The highest BCUT2D eigenvalue weighted by Gasteiger charge is 2.14. The van der Waals surface area contributed by atoms with Gasteiger partial charge in [0.2, 0.25) is 5.91 Å². The Bertz CT molecular complexity index is 339. The molecule has 0 aliphatic carbocycles. The zero-order chi connectivity index (χ0) is 12.7. The first kappa shape index (κ1) is 14.1. The summed E-state index contributed by atoms with van der Waals surface area (Å²) in [6, 6.07) is 10.5. The fourth-order valence-electron chi connectivity index (χ4n) is 1.33. The zero-order valence-corrected chi connectivity index (χ0v) is 11.6. The first-order valence-electron chi connectivity index (χ1n) is 6.09. The van der Waals surface area contributed by atoms with E-state index in [2.05, 4.69) is 24.4 Å². The topological polar surface area (TPSA) is 29.1 Å². The number of carbonyl (C=O) groups is 1. The molecule has 1 aromatic carbocycles. The lowest BCUT2D eigenvalue weighted by atomic mass is 10.2. The molecule has 0 aliphatic heterocycles. The number of hydrogen-bond donors (Lipinski definition) is 1. The van der Waals surface area contributed by atoms with Crippen molar-refractivity contribution in [1.82, 2.24) is 5.32 Å². The molecule has 94 valence electrons. The quantitative estimate of drug-likeness (QED) is 0.841. The van der Waals surface area contributed by atoms with Gasteiger partial charge < -0.3 is 5.32 Å². The third-order valence-electron chi connectivity index (χ3n) is 2.71. The number of hydrogen-bond acceptors (Lipinski definition) is 2. The first-order valence-corrected chi connectivity index (χ1v) is 7.14. The van der Waals surface area contributed by atoms with E-state index in [-0.39, 0.29) is 17.2 Å². The van der Waals surface area contributed by atoms with Gasteiger partial charge in [-0.3, -0.25) is 4.79 Å². The second-order valence-corrected chi connectivity index (χ2v) is 5.59. The molecule has 1 N–H and O–H groups in total. The molecule has 0 spiro atoms. The van der Waals surface area contributed by atoms with E-state index in [4.69, 9.17) is 0 Å². The van der Waals surface area contributed by atoms with Crippen molar-refractivity contribution in [2.75, 3.05) is 0 Å². The molecule has 0 aromatic heterocycles. The molecular weight excluding hydrogens is 230 g/mol. The number of benzene rings is 1. The van der Waals surface area contributed by atoms with Crippen molar-refractivity contribution >= 4 is 17.7 Å². The third-order valence-corrected chi connectivity index (χ3v) is 3.93. The van der Waals surface area contributed by atoms with E-state index in [9.17, 15) is 4.79 Å². The standard InChI is InChI=1S/C14H21NOS/c1-4-11(2)15-14(16)12(3)17-10-13-8-6-5-7-9-13/h5-9,11-12H,4,10H2,1-3H3,(H,15,16)/t11-,12+/m1/s1. The predicted molar refractivity (Wildman–Crippen MR) is 75.1 cm³/mol. The van der Waals surface area contributed by atoms with Gasteiger partial charge in [-0.2, -0.15) is 0 Å². The lowest BCUT2D eigenvalue weighted by Gasteiger charge is -2.15. The molecule has 1 rings (SSSR count). The summed E-state index contributed by atoms with van der Waals surface area (Å²) >= 11 is 1.68. The summed E-state index contributed by atoms with van der Waals surface area (Å²) in [5.41, 5.74) is 1.26. The maximum absolute atomic E-state index is 11.8. The third kappa shape index (κ3) is 5.26. The van der Waals surface area contributed by atoms with Crippen LogP contribution in [0.3, 0.4) is 0 Å². The van der Waals surface area contributed by atoms with Crippen LogP contribution in [-0.4, -0.2) is 17.2 Å². The monoisotopic (exact) mass is 251 g/mol. The summed E-state index contributed by atoms with van der Waals surface area (Å²) in [4.78, 5) is 11.8. The largest absolute Gasteiger partial charge is 0.353 e. The molecule has 1 aromatic rings. The Hall–Kier alpha value is -0.960. The van der Waals surface area contributed by atoms with Crippen LogP contribution in [0.2, 0.25) is 0 Å². The van der Waals surface area contributed by atoms with E-state index < -0.39 is 0 Å².